The van der Waals surface area contributed by atoms with Gasteiger partial charge in [-0.1, -0.05) is 39.0 Å². The first-order chi connectivity index (χ1) is 11.4. The Bertz CT molecular complexity index is 869. The molecule has 1 aromatic heterocycles. The van der Waals surface area contributed by atoms with Crippen molar-refractivity contribution < 1.29 is 0 Å². The molecule has 2 saturated carbocycles. The molecule has 0 amide bonds. The van der Waals surface area contributed by atoms with Crippen molar-refractivity contribution in [3.63, 3.8) is 0 Å². The fraction of sp³-hybridized carbons (Fsp3) is 0.571. The van der Waals surface area contributed by atoms with Crippen LogP contribution in [0.3, 0.4) is 0 Å². The van der Waals surface area contributed by atoms with Gasteiger partial charge < -0.3 is 0 Å². The van der Waals surface area contributed by atoms with E-state index in [1.807, 2.05) is 22.9 Å². The van der Waals surface area contributed by atoms with E-state index in [9.17, 15) is 4.79 Å². The molecule has 24 heavy (non-hydrogen) atoms. The Balaban J connectivity index is 1.81. The smallest absolute Gasteiger partial charge is 0.275 e. The van der Waals surface area contributed by atoms with Gasteiger partial charge in [0.2, 0.25) is 0 Å². The third-order valence-corrected chi connectivity index (χ3v) is 7.40. The van der Waals surface area contributed by atoms with Gasteiger partial charge in [-0.05, 0) is 55.1 Å². The Kier molecular flexibility index (Phi) is 2.69. The van der Waals surface area contributed by atoms with Crippen molar-refractivity contribution >= 4 is 0 Å². The maximum atomic E-state index is 13.4. The first-order valence-electron chi connectivity index (χ1n) is 9.37. The number of rotatable bonds is 3. The van der Waals surface area contributed by atoms with E-state index in [0.717, 1.165) is 30.1 Å². The van der Waals surface area contributed by atoms with Gasteiger partial charge in [0.25, 0.3) is 5.56 Å². The quantitative estimate of drug-likeness (QED) is 0.831. The summed E-state index contributed by atoms with van der Waals surface area (Å²) in [5, 5.41) is 0. The SMILES string of the molecule is CC12CCC(c3c1n(CC1CC1)n(-c1ccccc1)c3=O)C2(C)C. The molecule has 0 aliphatic heterocycles. The van der Waals surface area contributed by atoms with E-state index in [1.165, 1.54) is 25.0 Å². The van der Waals surface area contributed by atoms with Crippen LogP contribution in [0.1, 0.15) is 63.6 Å². The second-order valence-electron chi connectivity index (χ2n) is 8.89. The van der Waals surface area contributed by atoms with Crippen molar-refractivity contribution in [3.05, 3.63) is 51.9 Å². The predicted octanol–water partition coefficient (Wildman–Crippen LogP) is 4.22. The Hall–Kier alpha value is -1.77. The van der Waals surface area contributed by atoms with Gasteiger partial charge in [0.1, 0.15) is 0 Å². The van der Waals surface area contributed by atoms with Gasteiger partial charge in [-0.15, -0.1) is 0 Å². The van der Waals surface area contributed by atoms with Gasteiger partial charge in [0, 0.05) is 17.5 Å². The zero-order valence-corrected chi connectivity index (χ0v) is 14.9. The Labute approximate surface area is 143 Å². The van der Waals surface area contributed by atoms with Crippen molar-refractivity contribution in [2.24, 2.45) is 11.3 Å². The van der Waals surface area contributed by atoms with Gasteiger partial charge in [-0.2, -0.15) is 0 Å². The molecule has 2 fully saturated rings. The van der Waals surface area contributed by atoms with Crippen molar-refractivity contribution in [2.75, 3.05) is 0 Å². The van der Waals surface area contributed by atoms with Crippen molar-refractivity contribution in [2.45, 2.75) is 64.3 Å². The summed E-state index contributed by atoms with van der Waals surface area (Å²) < 4.78 is 4.35. The molecule has 2 unspecified atom stereocenters. The molecule has 5 rings (SSSR count). The molecule has 3 aliphatic carbocycles. The van der Waals surface area contributed by atoms with Crippen molar-refractivity contribution in [1.82, 2.24) is 9.36 Å². The molecule has 3 heteroatoms. The highest BCUT2D eigenvalue weighted by molar-refractivity contribution is 5.47. The van der Waals surface area contributed by atoms with Crippen LogP contribution >= 0.6 is 0 Å². The maximum absolute atomic E-state index is 13.4. The molecule has 2 bridgehead atoms. The molecule has 0 radical (unpaired) electrons. The minimum absolute atomic E-state index is 0.126. The topological polar surface area (TPSA) is 26.9 Å². The van der Waals surface area contributed by atoms with Gasteiger partial charge in [-0.3, -0.25) is 9.48 Å². The first kappa shape index (κ1) is 14.6. The molecular formula is C21H26N2O. The number of hydrogen-bond donors (Lipinski definition) is 0. The number of nitrogens with zero attached hydrogens (tertiary/aromatic N) is 2. The summed E-state index contributed by atoms with van der Waals surface area (Å²) in [6.07, 6.45) is 4.98. The minimum atomic E-state index is 0.126. The average Bonchev–Trinajstić information content (AvgIpc) is 3.25. The number of fused-ring (bicyclic) bond motifs is 5. The lowest BCUT2D eigenvalue weighted by molar-refractivity contribution is 0.214. The largest absolute Gasteiger partial charge is 0.281 e. The van der Waals surface area contributed by atoms with Gasteiger partial charge in [0.05, 0.1) is 11.4 Å². The van der Waals surface area contributed by atoms with Gasteiger partial charge in [0.15, 0.2) is 0 Å². The van der Waals surface area contributed by atoms with Crippen molar-refractivity contribution in [1.29, 1.82) is 0 Å². The zero-order valence-electron chi connectivity index (χ0n) is 14.9. The van der Waals surface area contributed by atoms with Crippen LogP contribution in [0.25, 0.3) is 5.69 Å². The summed E-state index contributed by atoms with van der Waals surface area (Å²) in [7, 11) is 0. The third kappa shape index (κ3) is 1.61. The Morgan fingerprint density at radius 2 is 1.79 bits per heavy atom. The molecule has 3 aliphatic rings. The molecule has 1 aromatic carbocycles. The fourth-order valence-corrected chi connectivity index (χ4v) is 5.43. The van der Waals surface area contributed by atoms with E-state index < -0.39 is 0 Å². The van der Waals surface area contributed by atoms with Crippen LogP contribution in [-0.2, 0) is 12.0 Å². The summed E-state index contributed by atoms with van der Waals surface area (Å²) in [5.41, 5.74) is 4.04. The number of hydrogen-bond acceptors (Lipinski definition) is 1. The number of para-hydroxylation sites is 1. The highest BCUT2D eigenvalue weighted by atomic mass is 16.1. The lowest BCUT2D eigenvalue weighted by Crippen LogP contribution is -2.36. The Morgan fingerprint density at radius 1 is 1.08 bits per heavy atom. The predicted molar refractivity (Wildman–Crippen MR) is 95.9 cm³/mol. The molecule has 0 spiro atoms. The fourth-order valence-electron chi connectivity index (χ4n) is 5.43. The van der Waals surface area contributed by atoms with Crippen LogP contribution in [0.5, 0.6) is 0 Å². The first-order valence-corrected chi connectivity index (χ1v) is 9.37. The van der Waals surface area contributed by atoms with Crippen LogP contribution in [0.15, 0.2) is 35.1 Å². The highest BCUT2D eigenvalue weighted by Gasteiger charge is 2.63. The standard InChI is InChI=1S/C21H26N2O/c1-20(2)16-11-12-21(20,3)18-17(16)19(24)23(15-7-5-4-6-8-15)22(18)13-14-9-10-14/h4-8,14,16H,9-13H2,1-3H3. The van der Waals surface area contributed by atoms with Crippen LogP contribution in [-0.4, -0.2) is 9.36 Å². The number of aromatic nitrogens is 2. The average molecular weight is 322 g/mol. The third-order valence-electron chi connectivity index (χ3n) is 7.40. The van der Waals surface area contributed by atoms with Crippen molar-refractivity contribution in [3.8, 4) is 5.69 Å². The molecule has 2 atom stereocenters. The van der Waals surface area contributed by atoms with Crippen LogP contribution in [0, 0.1) is 11.3 Å². The van der Waals surface area contributed by atoms with E-state index >= 15 is 0 Å². The van der Waals surface area contributed by atoms with Gasteiger partial charge >= 0.3 is 0 Å². The summed E-state index contributed by atoms with van der Waals surface area (Å²) in [6, 6.07) is 10.2. The second-order valence-corrected chi connectivity index (χ2v) is 8.89. The van der Waals surface area contributed by atoms with E-state index in [0.29, 0.717) is 5.92 Å². The van der Waals surface area contributed by atoms with E-state index in [1.54, 1.807) is 0 Å². The molecule has 126 valence electrons. The van der Waals surface area contributed by atoms with Crippen LogP contribution < -0.4 is 5.56 Å². The lowest BCUT2D eigenvalue weighted by Gasteiger charge is -2.36. The van der Waals surface area contributed by atoms with E-state index in [2.05, 4.69) is 37.6 Å². The molecule has 3 nitrogen and oxygen atoms in total. The summed E-state index contributed by atoms with van der Waals surface area (Å²) in [4.78, 5) is 13.4. The second kappa shape index (κ2) is 4.44. The van der Waals surface area contributed by atoms with Crippen LogP contribution in [0.4, 0.5) is 0 Å². The molecular weight excluding hydrogens is 296 g/mol. The molecule has 0 N–H and O–H groups in total. The summed E-state index contributed by atoms with van der Waals surface area (Å²) in [5.74, 6) is 1.17. The Morgan fingerprint density at radius 3 is 2.46 bits per heavy atom. The molecule has 2 aromatic rings. The normalized spacial score (nSPS) is 29.9. The summed E-state index contributed by atoms with van der Waals surface area (Å²) in [6.45, 7) is 8.14. The molecule has 1 heterocycles. The number of benzene rings is 1. The molecule has 0 saturated heterocycles. The van der Waals surface area contributed by atoms with Crippen LogP contribution in [0.2, 0.25) is 0 Å². The minimum Gasteiger partial charge on any atom is -0.281 e. The zero-order chi connectivity index (χ0) is 16.7. The monoisotopic (exact) mass is 322 g/mol. The highest BCUT2D eigenvalue weighted by Crippen LogP contribution is 2.67. The van der Waals surface area contributed by atoms with E-state index in [4.69, 9.17) is 0 Å². The van der Waals surface area contributed by atoms with E-state index in [-0.39, 0.29) is 16.4 Å². The summed E-state index contributed by atoms with van der Waals surface area (Å²) >= 11 is 0. The lowest BCUT2D eigenvalue weighted by atomic mass is 9.70. The van der Waals surface area contributed by atoms with Gasteiger partial charge in [-0.25, -0.2) is 4.68 Å². The maximum Gasteiger partial charge on any atom is 0.275 e.